The number of nitrogens with one attached hydrogen (secondary N) is 2. The maximum Gasteiger partial charge on any atom is 0.338 e. The van der Waals surface area contributed by atoms with Crippen molar-refractivity contribution in [2.24, 2.45) is 0 Å². The van der Waals surface area contributed by atoms with Crippen LogP contribution in [-0.2, 0) is 14.3 Å². The molecule has 0 unspecified atom stereocenters. The van der Waals surface area contributed by atoms with Crippen LogP contribution in [-0.4, -0.2) is 24.4 Å². The number of carbonyl (C=O) groups excluding carboxylic acids is 3. The van der Waals surface area contributed by atoms with Crippen LogP contribution in [0.4, 0.5) is 11.4 Å². The second-order valence-corrected chi connectivity index (χ2v) is 5.24. The van der Waals surface area contributed by atoms with Crippen molar-refractivity contribution in [3.63, 3.8) is 0 Å². The summed E-state index contributed by atoms with van der Waals surface area (Å²) in [5.41, 5.74) is 1.25. The lowest BCUT2D eigenvalue weighted by Crippen LogP contribution is -2.21. The van der Waals surface area contributed by atoms with Crippen LogP contribution in [0.1, 0.15) is 22.3 Å². The summed E-state index contributed by atoms with van der Waals surface area (Å²) in [5.74, 6) is -1.75. The summed E-state index contributed by atoms with van der Waals surface area (Å²) >= 11 is 0. The Morgan fingerprint density at radius 1 is 0.926 bits per heavy atom. The Hall–Kier alpha value is -4.17. The molecule has 27 heavy (non-hydrogen) atoms. The van der Waals surface area contributed by atoms with E-state index in [1.165, 1.54) is 24.3 Å². The Morgan fingerprint density at radius 3 is 2.30 bits per heavy atom. The molecule has 2 aromatic carbocycles. The van der Waals surface area contributed by atoms with Crippen molar-refractivity contribution in [3.05, 3.63) is 59.7 Å². The zero-order chi connectivity index (χ0) is 19.6. The summed E-state index contributed by atoms with van der Waals surface area (Å²) in [5, 5.41) is 22.4. The van der Waals surface area contributed by atoms with Crippen molar-refractivity contribution in [1.82, 2.24) is 0 Å². The minimum absolute atomic E-state index is 0.193. The Bertz CT molecular complexity index is 939. The Kier molecular flexibility index (Phi) is 6.63. The quantitative estimate of drug-likeness (QED) is 0.757. The van der Waals surface area contributed by atoms with Crippen LogP contribution in [0, 0.1) is 22.7 Å². The van der Waals surface area contributed by atoms with Crippen LogP contribution in [0.25, 0.3) is 0 Å². The van der Waals surface area contributed by atoms with Crippen molar-refractivity contribution in [1.29, 1.82) is 10.5 Å². The monoisotopic (exact) mass is 362 g/mol. The van der Waals surface area contributed by atoms with E-state index in [2.05, 4.69) is 10.6 Å². The van der Waals surface area contributed by atoms with E-state index in [-0.39, 0.29) is 12.0 Å². The van der Waals surface area contributed by atoms with Crippen molar-refractivity contribution >= 4 is 29.2 Å². The van der Waals surface area contributed by atoms with E-state index in [4.69, 9.17) is 15.3 Å². The van der Waals surface area contributed by atoms with E-state index >= 15 is 0 Å². The van der Waals surface area contributed by atoms with Gasteiger partial charge in [-0.05, 0) is 36.4 Å². The lowest BCUT2D eigenvalue weighted by atomic mass is 10.2. The minimum Gasteiger partial charge on any atom is -0.452 e. The molecule has 0 saturated heterocycles. The number of carbonyl (C=O) groups is 3. The van der Waals surface area contributed by atoms with Gasteiger partial charge in [0.15, 0.2) is 6.61 Å². The van der Waals surface area contributed by atoms with Gasteiger partial charge in [-0.25, -0.2) is 4.79 Å². The molecule has 0 heterocycles. The summed E-state index contributed by atoms with van der Waals surface area (Å²) in [6, 6.07) is 15.9. The average molecular weight is 362 g/mol. The second kappa shape index (κ2) is 9.35. The highest BCUT2D eigenvalue weighted by Gasteiger charge is 2.12. The Labute approximate surface area is 155 Å². The average Bonchev–Trinajstić information content (AvgIpc) is 2.67. The maximum absolute atomic E-state index is 12.0. The highest BCUT2D eigenvalue weighted by Crippen LogP contribution is 2.14. The number of rotatable bonds is 6. The third kappa shape index (κ3) is 5.69. The van der Waals surface area contributed by atoms with E-state index in [1.807, 2.05) is 6.07 Å². The Morgan fingerprint density at radius 2 is 1.63 bits per heavy atom. The molecule has 2 N–H and O–H groups in total. The van der Waals surface area contributed by atoms with Crippen LogP contribution in [0.3, 0.4) is 0 Å². The second-order valence-electron chi connectivity index (χ2n) is 5.24. The molecule has 0 atom stereocenters. The number of para-hydroxylation sites is 1. The van der Waals surface area contributed by atoms with Gasteiger partial charge >= 0.3 is 5.97 Å². The lowest BCUT2D eigenvalue weighted by Gasteiger charge is -2.08. The van der Waals surface area contributed by atoms with Crippen molar-refractivity contribution < 1.29 is 19.1 Å². The molecular weight excluding hydrogens is 348 g/mol. The molecule has 0 aliphatic rings. The molecular formula is C19H14N4O4. The molecule has 0 spiro atoms. The largest absolute Gasteiger partial charge is 0.452 e. The molecule has 0 aliphatic heterocycles. The van der Waals surface area contributed by atoms with Crippen LogP contribution in [0.2, 0.25) is 0 Å². The first-order valence-corrected chi connectivity index (χ1v) is 7.76. The van der Waals surface area contributed by atoms with Crippen LogP contribution >= 0.6 is 0 Å². The van der Waals surface area contributed by atoms with Gasteiger partial charge in [-0.2, -0.15) is 10.5 Å². The first-order chi connectivity index (χ1) is 13.0. The minimum atomic E-state index is -0.714. The van der Waals surface area contributed by atoms with Gasteiger partial charge in [-0.3, -0.25) is 9.59 Å². The molecule has 2 rings (SSSR count). The normalized spacial score (nSPS) is 9.41. The van der Waals surface area contributed by atoms with Gasteiger partial charge in [0.1, 0.15) is 12.5 Å². The predicted molar refractivity (Wildman–Crippen MR) is 95.4 cm³/mol. The number of esters is 1. The van der Waals surface area contributed by atoms with Gasteiger partial charge in [-0.15, -0.1) is 0 Å². The lowest BCUT2D eigenvalue weighted by molar-refractivity contribution is -0.119. The number of hydrogen-bond donors (Lipinski definition) is 2. The van der Waals surface area contributed by atoms with Gasteiger partial charge in [0.2, 0.25) is 5.91 Å². The van der Waals surface area contributed by atoms with E-state index in [1.54, 1.807) is 30.3 Å². The SMILES string of the molecule is N#CCC(=O)Nc1ccc(C(=O)OCC(=O)Nc2ccccc2C#N)cc1. The number of amides is 2. The molecule has 134 valence electrons. The predicted octanol–water partition coefficient (Wildman–Crippen LogP) is 2.21. The van der Waals surface area contributed by atoms with E-state index in [9.17, 15) is 14.4 Å². The number of benzene rings is 2. The zero-order valence-corrected chi connectivity index (χ0v) is 14.1. The maximum atomic E-state index is 12.0. The first-order valence-electron chi connectivity index (χ1n) is 7.76. The smallest absolute Gasteiger partial charge is 0.338 e. The van der Waals surface area contributed by atoms with Gasteiger partial charge in [-0.1, -0.05) is 12.1 Å². The number of nitriles is 2. The van der Waals surface area contributed by atoms with Crippen molar-refractivity contribution in [2.75, 3.05) is 17.2 Å². The van der Waals surface area contributed by atoms with Gasteiger partial charge in [0.25, 0.3) is 5.91 Å². The van der Waals surface area contributed by atoms with Crippen molar-refractivity contribution in [2.45, 2.75) is 6.42 Å². The van der Waals surface area contributed by atoms with E-state index < -0.39 is 24.4 Å². The fraction of sp³-hybridized carbons (Fsp3) is 0.105. The summed E-state index contributed by atoms with van der Waals surface area (Å²) in [7, 11) is 0. The first kappa shape index (κ1) is 19.2. The van der Waals surface area contributed by atoms with Crippen LogP contribution < -0.4 is 10.6 Å². The zero-order valence-electron chi connectivity index (χ0n) is 14.1. The molecule has 0 bridgehead atoms. The highest BCUT2D eigenvalue weighted by molar-refractivity contribution is 5.97. The fourth-order valence-electron chi connectivity index (χ4n) is 2.06. The number of anilines is 2. The molecule has 8 heteroatoms. The molecule has 0 aromatic heterocycles. The fourth-order valence-corrected chi connectivity index (χ4v) is 2.06. The molecule has 8 nitrogen and oxygen atoms in total. The summed E-state index contributed by atoms with van der Waals surface area (Å²) in [6.45, 7) is -0.515. The molecule has 0 fully saturated rings. The van der Waals surface area contributed by atoms with Gasteiger partial charge < -0.3 is 15.4 Å². The summed E-state index contributed by atoms with van der Waals surface area (Å²) < 4.78 is 4.93. The molecule has 2 amide bonds. The van der Waals surface area contributed by atoms with Crippen molar-refractivity contribution in [3.8, 4) is 12.1 Å². The molecule has 0 radical (unpaired) electrons. The summed E-state index contributed by atoms with van der Waals surface area (Å²) in [4.78, 5) is 35.2. The van der Waals surface area contributed by atoms with Crippen LogP contribution in [0.15, 0.2) is 48.5 Å². The third-order valence-corrected chi connectivity index (χ3v) is 3.30. The molecule has 0 aliphatic carbocycles. The van der Waals surface area contributed by atoms with Crippen LogP contribution in [0.5, 0.6) is 0 Å². The van der Waals surface area contributed by atoms with E-state index in [0.717, 1.165) is 0 Å². The van der Waals surface area contributed by atoms with E-state index in [0.29, 0.717) is 16.9 Å². The standard InChI is InChI=1S/C19H14N4O4/c20-10-9-17(24)22-15-7-5-13(6-8-15)19(26)27-12-18(25)23-16-4-2-1-3-14(16)11-21/h1-8H,9,12H2,(H,22,24)(H,23,25). The van der Waals surface area contributed by atoms with Gasteiger partial charge in [0.05, 0.1) is 22.9 Å². The number of ether oxygens (including phenoxy) is 1. The third-order valence-electron chi connectivity index (χ3n) is 3.30. The highest BCUT2D eigenvalue weighted by atomic mass is 16.5. The number of nitrogens with zero attached hydrogens (tertiary/aromatic N) is 2. The number of hydrogen-bond acceptors (Lipinski definition) is 6. The summed E-state index contributed by atoms with van der Waals surface area (Å²) in [6.07, 6.45) is -0.270. The molecule has 0 saturated carbocycles. The Balaban J connectivity index is 1.88. The topological polar surface area (TPSA) is 132 Å². The van der Waals surface area contributed by atoms with Gasteiger partial charge in [0, 0.05) is 5.69 Å². The molecule has 2 aromatic rings.